The number of pyridine rings is 1. The van der Waals surface area contributed by atoms with E-state index < -0.39 is 72.5 Å². The van der Waals surface area contributed by atoms with E-state index in [0.29, 0.717) is 60.5 Å². The predicted molar refractivity (Wildman–Crippen MR) is 216 cm³/mol. The fraction of sp³-hybridized carbons (Fsp3) is 0.450. The zero-order chi connectivity index (χ0) is 43.7. The van der Waals surface area contributed by atoms with Crippen LogP contribution in [0.5, 0.6) is 0 Å². The molecule has 0 aliphatic heterocycles. The van der Waals surface area contributed by atoms with Crippen LogP contribution in [0.1, 0.15) is 86.4 Å². The summed E-state index contributed by atoms with van der Waals surface area (Å²) in [5.41, 5.74) is 0.929. The fourth-order valence-electron chi connectivity index (χ4n) is 7.86. The third-order valence-electron chi connectivity index (χ3n) is 11.1. The average molecular weight is 896 g/mol. The van der Waals surface area contributed by atoms with Gasteiger partial charge in [0.1, 0.15) is 24.0 Å². The molecule has 2 N–H and O–H groups in total. The molecule has 0 spiro atoms. The summed E-state index contributed by atoms with van der Waals surface area (Å²) < 4.78 is 126. The Kier molecular flexibility index (Phi) is 11.4. The number of hydrogen-bond donors (Lipinski definition) is 2. The van der Waals surface area contributed by atoms with Crippen LogP contribution in [-0.4, -0.2) is 63.3 Å². The number of sulfonamides is 1. The van der Waals surface area contributed by atoms with Crippen LogP contribution in [0.15, 0.2) is 48.7 Å². The molecule has 12 nitrogen and oxygen atoms in total. The molecule has 1 unspecified atom stereocenters. The Bertz CT molecular complexity index is 2710. The Hall–Kier alpha value is -4.62. The first-order chi connectivity index (χ1) is 27.9. The molecule has 1 amide bonds. The van der Waals surface area contributed by atoms with Gasteiger partial charge in [0, 0.05) is 42.0 Å². The van der Waals surface area contributed by atoms with Crippen LogP contribution >= 0.6 is 11.6 Å². The second-order valence-corrected chi connectivity index (χ2v) is 21.4. The van der Waals surface area contributed by atoms with Gasteiger partial charge in [-0.15, -0.1) is 0 Å². The summed E-state index contributed by atoms with van der Waals surface area (Å²) in [7, 11) is -5.57. The smallest absolute Gasteiger partial charge is 0.346 e. The van der Waals surface area contributed by atoms with Gasteiger partial charge in [0.05, 0.1) is 43.9 Å². The number of hydrogen-bond acceptors (Lipinski definition) is 8. The number of alkyl halides is 3. The molecule has 2 aliphatic rings. The topological polar surface area (TPSA) is 158 Å². The molecule has 2 aliphatic carbocycles. The molecular weight excluding hydrogens is 853 g/mol. The minimum Gasteiger partial charge on any atom is -0.346 e. The number of aromatic nitrogens is 5. The molecule has 20 heteroatoms. The first-order valence-electron chi connectivity index (χ1n) is 19.1. The van der Waals surface area contributed by atoms with Gasteiger partial charge < -0.3 is 9.88 Å². The highest BCUT2D eigenvalue weighted by Gasteiger charge is 2.49. The monoisotopic (exact) mass is 895 g/mol. The molecule has 2 saturated carbocycles. The van der Waals surface area contributed by atoms with Gasteiger partial charge in [-0.3, -0.25) is 19.2 Å². The lowest BCUT2D eigenvalue weighted by molar-refractivity contribution is -0.141. The van der Waals surface area contributed by atoms with E-state index in [0.717, 1.165) is 29.2 Å². The van der Waals surface area contributed by atoms with Gasteiger partial charge in [0.15, 0.2) is 21.3 Å². The third-order valence-corrected chi connectivity index (χ3v) is 15.1. The van der Waals surface area contributed by atoms with Gasteiger partial charge in [-0.1, -0.05) is 23.7 Å². The Balaban J connectivity index is 1.23. The maximum atomic E-state index is 14.5. The van der Waals surface area contributed by atoms with E-state index in [2.05, 4.69) is 20.1 Å². The minimum absolute atomic E-state index is 0.0390. The first-order valence-corrected chi connectivity index (χ1v) is 23.0. The van der Waals surface area contributed by atoms with Gasteiger partial charge in [-0.05, 0) is 95.0 Å². The lowest BCUT2D eigenvalue weighted by atomic mass is 9.93. The molecule has 7 rings (SSSR count). The second-order valence-electron chi connectivity index (χ2n) is 16.4. The summed E-state index contributed by atoms with van der Waals surface area (Å²) >= 11 is 6.59. The molecule has 322 valence electrons. The van der Waals surface area contributed by atoms with Crippen molar-refractivity contribution in [2.75, 3.05) is 11.0 Å². The van der Waals surface area contributed by atoms with E-state index in [-0.39, 0.29) is 50.9 Å². The van der Waals surface area contributed by atoms with Gasteiger partial charge in [-0.25, -0.2) is 30.6 Å². The third kappa shape index (κ3) is 9.17. The van der Waals surface area contributed by atoms with E-state index in [1.54, 1.807) is 46.0 Å². The number of nitrogens with one attached hydrogen (secondary N) is 2. The van der Waals surface area contributed by atoms with E-state index in [1.807, 2.05) is 0 Å². The number of halogens is 6. The van der Waals surface area contributed by atoms with Crippen LogP contribution in [0, 0.1) is 24.5 Å². The summed E-state index contributed by atoms with van der Waals surface area (Å²) in [5, 5.41) is 7.28. The van der Waals surface area contributed by atoms with Gasteiger partial charge in [-0.2, -0.15) is 18.3 Å². The Labute approximate surface area is 348 Å². The molecule has 3 heterocycles. The number of sulfone groups is 1. The molecule has 60 heavy (non-hydrogen) atoms. The molecule has 0 bridgehead atoms. The van der Waals surface area contributed by atoms with Crippen molar-refractivity contribution in [2.45, 2.75) is 94.0 Å². The molecular formula is C40H43ClF5N7O5S2. The molecule has 3 aromatic heterocycles. The average Bonchev–Trinajstić information content (AvgIpc) is 4.05. The zero-order valence-electron chi connectivity index (χ0n) is 33.2. The van der Waals surface area contributed by atoms with Crippen molar-refractivity contribution in [1.82, 2.24) is 29.6 Å². The number of fused-ring (bicyclic) bond motifs is 1. The van der Waals surface area contributed by atoms with Crippen molar-refractivity contribution in [3.8, 4) is 11.1 Å². The van der Waals surface area contributed by atoms with Crippen LogP contribution in [0.4, 0.5) is 27.8 Å². The normalized spacial score (nSPS) is 17.9. The highest BCUT2D eigenvalue weighted by Crippen LogP contribution is 2.52. The highest BCUT2D eigenvalue weighted by molar-refractivity contribution is 7.93. The summed E-state index contributed by atoms with van der Waals surface area (Å²) in [6, 6.07) is 8.34. The maximum absolute atomic E-state index is 14.5. The quantitative estimate of drug-likeness (QED) is 0.101. The van der Waals surface area contributed by atoms with Crippen molar-refractivity contribution in [3.63, 3.8) is 0 Å². The Morgan fingerprint density at radius 2 is 1.67 bits per heavy atom. The summed E-state index contributed by atoms with van der Waals surface area (Å²) in [6.07, 6.45) is -0.818. The molecule has 0 saturated heterocycles. The van der Waals surface area contributed by atoms with E-state index >= 15 is 0 Å². The maximum Gasteiger partial charge on any atom is 0.434 e. The van der Waals surface area contributed by atoms with Gasteiger partial charge in [0.2, 0.25) is 15.9 Å². The number of amides is 1. The molecule has 5 aromatic rings. The SMILES string of the molecule is Cc1ccc(-c2ccc(Cl)c3c(NS(C)(=O)=O)nn(C)c23)c([C@H](Cc2cc(F)cc(F)c2)NC(=O)Cn2cc(C(F)(F)F)nc2C2C[C@@H]2CCC(C)(C)S(=O)(=O)C2CC2)n1. The number of aryl methyl sites for hydroxylation is 2. The zero-order valence-corrected chi connectivity index (χ0v) is 35.6. The number of rotatable bonds is 15. The fourth-order valence-corrected chi connectivity index (χ4v) is 10.7. The van der Waals surface area contributed by atoms with E-state index in [9.17, 15) is 43.6 Å². The summed E-state index contributed by atoms with van der Waals surface area (Å²) in [4.78, 5) is 22.8. The molecule has 0 radical (unpaired) electrons. The second kappa shape index (κ2) is 15.7. The predicted octanol–water partition coefficient (Wildman–Crippen LogP) is 7.80. The summed E-state index contributed by atoms with van der Waals surface area (Å²) in [5.74, 6) is -3.09. The number of carbonyl (C=O) groups excluding carboxylic acids is 1. The number of imidazole rings is 1. The van der Waals surface area contributed by atoms with E-state index in [4.69, 9.17) is 16.6 Å². The van der Waals surface area contributed by atoms with Crippen LogP contribution in [0.2, 0.25) is 5.02 Å². The van der Waals surface area contributed by atoms with Crippen LogP contribution in [0.3, 0.4) is 0 Å². The Morgan fingerprint density at radius 1 is 1.00 bits per heavy atom. The van der Waals surface area contributed by atoms with Gasteiger partial charge >= 0.3 is 6.18 Å². The molecule has 2 aromatic carbocycles. The van der Waals surface area contributed by atoms with Crippen molar-refractivity contribution >= 4 is 54.1 Å². The Morgan fingerprint density at radius 3 is 2.30 bits per heavy atom. The number of benzene rings is 2. The van der Waals surface area contributed by atoms with Crippen molar-refractivity contribution < 1.29 is 43.6 Å². The minimum atomic E-state index is -4.82. The number of anilines is 1. The van der Waals surface area contributed by atoms with Crippen molar-refractivity contribution in [2.24, 2.45) is 13.0 Å². The molecule has 2 fully saturated rings. The lowest BCUT2D eigenvalue weighted by Gasteiger charge is -2.24. The van der Waals surface area contributed by atoms with Crippen molar-refractivity contribution in [1.29, 1.82) is 0 Å². The highest BCUT2D eigenvalue weighted by atomic mass is 35.5. The largest absolute Gasteiger partial charge is 0.434 e. The molecule has 3 atom stereocenters. The van der Waals surface area contributed by atoms with E-state index in [1.165, 1.54) is 10.7 Å². The van der Waals surface area contributed by atoms with Crippen LogP contribution in [0.25, 0.3) is 22.0 Å². The van der Waals surface area contributed by atoms with Gasteiger partial charge in [0.25, 0.3) is 0 Å². The number of carbonyl (C=O) groups is 1. The van der Waals surface area contributed by atoms with Crippen molar-refractivity contribution in [3.05, 3.63) is 93.8 Å². The van der Waals surface area contributed by atoms with Crippen LogP contribution < -0.4 is 10.0 Å². The number of nitrogens with zero attached hydrogens (tertiary/aromatic N) is 5. The standard InChI is InChI=1S/C40H43ClF5N7O5S2/c1-21-6-9-27(28-10-11-30(41)34-36(28)52(4)50-37(34)51-59(5,55)56)35(47-21)31(16-22-14-24(42)18-25(43)15-22)48-33(54)20-53-19-32(40(44,45)46)49-38(53)29-17-23(29)12-13-39(2,3)60(57,58)26-7-8-26/h6,9-11,14-15,18-19,23,26,29,31H,7-8,12-13,16-17,20H2,1-5H3,(H,48,54)(H,50,51)/t23-,29?,31-/m0/s1. The lowest BCUT2D eigenvalue weighted by Crippen LogP contribution is -2.35. The first kappa shape index (κ1) is 43.5. The summed E-state index contributed by atoms with van der Waals surface area (Å²) in [6.45, 7) is 4.43. The van der Waals surface area contributed by atoms with Crippen LogP contribution in [-0.2, 0) is 50.8 Å².